The summed E-state index contributed by atoms with van der Waals surface area (Å²) in [4.78, 5) is 14.7. The number of halogens is 3. The average Bonchev–Trinajstić information content (AvgIpc) is 2.45. The molecule has 0 saturated heterocycles. The summed E-state index contributed by atoms with van der Waals surface area (Å²) in [5.74, 6) is -0.639. The highest BCUT2D eigenvalue weighted by Crippen LogP contribution is 2.34. The third-order valence-corrected chi connectivity index (χ3v) is 2.62. The molecule has 2 aromatic heterocycles. The van der Waals surface area contributed by atoms with Gasteiger partial charge in [-0.1, -0.05) is 0 Å². The molecule has 0 fully saturated rings. The normalized spacial score (nSPS) is 13.6. The van der Waals surface area contributed by atoms with Crippen LogP contribution in [0.25, 0.3) is 11.3 Å². The van der Waals surface area contributed by atoms with E-state index in [-0.39, 0.29) is 11.3 Å². The van der Waals surface area contributed by atoms with Crippen LogP contribution >= 0.6 is 0 Å². The second-order valence-electron chi connectivity index (χ2n) is 5.80. The van der Waals surface area contributed by atoms with Gasteiger partial charge in [0.15, 0.2) is 11.5 Å². The van der Waals surface area contributed by atoms with E-state index in [1.54, 1.807) is 20.8 Å². The van der Waals surface area contributed by atoms with E-state index < -0.39 is 29.7 Å². The second kappa shape index (κ2) is 6.65. The molecule has 0 amide bonds. The monoisotopic (exact) mass is 343 g/mol. The lowest BCUT2D eigenvalue weighted by Gasteiger charge is -2.25. The van der Waals surface area contributed by atoms with Crippen LogP contribution in [0.5, 0.6) is 0 Å². The first-order valence-electron chi connectivity index (χ1n) is 6.88. The number of aliphatic hydroxyl groups is 1. The molecule has 2 aromatic rings. The maximum Gasteiger partial charge on any atom is 0.437 e. The first kappa shape index (κ1) is 18.0. The topological polar surface area (TPSA) is 93.1 Å². The number of ether oxygens (including phenoxy) is 1. The van der Waals surface area contributed by atoms with Crippen LogP contribution in [0.3, 0.4) is 0 Å². The quantitative estimate of drug-likeness (QED) is 0.824. The molecule has 1 atom stereocenters. The molecule has 0 aliphatic rings. The van der Waals surface area contributed by atoms with Crippen molar-refractivity contribution < 1.29 is 23.0 Å². The average molecular weight is 343 g/mol. The Kier molecular flexibility index (Phi) is 4.99. The lowest BCUT2D eigenvalue weighted by Crippen LogP contribution is -2.33. The van der Waals surface area contributed by atoms with E-state index in [2.05, 4.69) is 25.3 Å². The van der Waals surface area contributed by atoms with Gasteiger partial charge in [0.1, 0.15) is 6.33 Å². The maximum absolute atomic E-state index is 13.2. The van der Waals surface area contributed by atoms with Crippen LogP contribution in [-0.4, -0.2) is 37.1 Å². The minimum Gasteiger partial charge on any atom is -0.351 e. The van der Waals surface area contributed by atoms with Crippen molar-refractivity contribution in [2.45, 2.75) is 39.0 Å². The number of nitrogens with zero attached hydrogens (tertiary/aromatic N) is 4. The summed E-state index contributed by atoms with van der Waals surface area (Å²) in [6, 6.07) is 0. The molecule has 0 spiro atoms. The smallest absolute Gasteiger partial charge is 0.351 e. The SMILES string of the molecule is CC(C)(C)OC(O)Nc1ncc(-c2cncnc2)nc1C(F)(F)F. The second-order valence-corrected chi connectivity index (χ2v) is 5.80. The molecule has 0 bridgehead atoms. The van der Waals surface area contributed by atoms with Crippen molar-refractivity contribution in [1.82, 2.24) is 19.9 Å². The fourth-order valence-electron chi connectivity index (χ4n) is 1.74. The van der Waals surface area contributed by atoms with Gasteiger partial charge in [-0.05, 0) is 20.8 Å². The number of alkyl halides is 3. The summed E-state index contributed by atoms with van der Waals surface area (Å²) in [6.45, 7) is 4.94. The summed E-state index contributed by atoms with van der Waals surface area (Å²) in [7, 11) is 0. The fraction of sp³-hybridized carbons (Fsp3) is 0.429. The molecule has 130 valence electrons. The lowest BCUT2D eigenvalue weighted by atomic mass is 10.2. The van der Waals surface area contributed by atoms with Crippen LogP contribution in [0.2, 0.25) is 0 Å². The molecule has 0 aliphatic carbocycles. The third-order valence-electron chi connectivity index (χ3n) is 2.62. The Balaban J connectivity index is 2.35. The highest BCUT2D eigenvalue weighted by Gasteiger charge is 2.37. The van der Waals surface area contributed by atoms with E-state index in [1.165, 1.54) is 18.7 Å². The van der Waals surface area contributed by atoms with Gasteiger partial charge < -0.3 is 15.2 Å². The number of aromatic nitrogens is 4. The summed E-state index contributed by atoms with van der Waals surface area (Å²) < 4.78 is 44.8. The van der Waals surface area contributed by atoms with Crippen molar-refractivity contribution in [3.05, 3.63) is 30.6 Å². The van der Waals surface area contributed by atoms with Crippen LogP contribution in [0, 0.1) is 0 Å². The van der Waals surface area contributed by atoms with Crippen molar-refractivity contribution in [2.75, 3.05) is 5.32 Å². The lowest BCUT2D eigenvalue weighted by molar-refractivity contribution is -0.151. The van der Waals surface area contributed by atoms with E-state index in [1.807, 2.05) is 0 Å². The fourth-order valence-corrected chi connectivity index (χ4v) is 1.74. The molecule has 0 radical (unpaired) electrons. The van der Waals surface area contributed by atoms with Gasteiger partial charge >= 0.3 is 6.18 Å². The Hall–Kier alpha value is -2.33. The van der Waals surface area contributed by atoms with Crippen LogP contribution < -0.4 is 5.32 Å². The molecule has 7 nitrogen and oxygen atoms in total. The number of nitrogens with one attached hydrogen (secondary N) is 1. The number of hydrogen-bond donors (Lipinski definition) is 2. The molecule has 2 N–H and O–H groups in total. The van der Waals surface area contributed by atoms with Gasteiger partial charge in [0.25, 0.3) is 0 Å². The summed E-state index contributed by atoms with van der Waals surface area (Å²) >= 11 is 0. The van der Waals surface area contributed by atoms with Crippen LogP contribution in [0.15, 0.2) is 24.9 Å². The summed E-state index contributed by atoms with van der Waals surface area (Å²) in [6.07, 6.45) is -1.43. The minimum atomic E-state index is -4.78. The predicted molar refractivity (Wildman–Crippen MR) is 78.5 cm³/mol. The molecule has 10 heteroatoms. The van der Waals surface area contributed by atoms with Gasteiger partial charge in [0.2, 0.25) is 6.41 Å². The molecule has 2 heterocycles. The van der Waals surface area contributed by atoms with Gasteiger partial charge in [0, 0.05) is 18.0 Å². The molecule has 24 heavy (non-hydrogen) atoms. The zero-order chi connectivity index (χ0) is 18.0. The van der Waals surface area contributed by atoms with Gasteiger partial charge in [0.05, 0.1) is 17.5 Å². The zero-order valence-electron chi connectivity index (χ0n) is 13.2. The zero-order valence-corrected chi connectivity index (χ0v) is 13.2. The van der Waals surface area contributed by atoms with Crippen LogP contribution in [0.1, 0.15) is 26.5 Å². The van der Waals surface area contributed by atoms with Crippen molar-refractivity contribution in [3.63, 3.8) is 0 Å². The van der Waals surface area contributed by atoms with Gasteiger partial charge in [-0.15, -0.1) is 0 Å². The molecule has 1 unspecified atom stereocenters. The molecular formula is C14H16F3N5O2. The molecule has 2 rings (SSSR count). The number of anilines is 1. The first-order valence-corrected chi connectivity index (χ1v) is 6.88. The highest BCUT2D eigenvalue weighted by molar-refractivity contribution is 5.58. The Morgan fingerprint density at radius 1 is 1.12 bits per heavy atom. The predicted octanol–water partition coefficient (Wildman–Crippen LogP) is 2.46. The van der Waals surface area contributed by atoms with Crippen molar-refractivity contribution in [3.8, 4) is 11.3 Å². The molecular weight excluding hydrogens is 327 g/mol. The summed E-state index contributed by atoms with van der Waals surface area (Å²) in [5, 5.41) is 11.9. The van der Waals surface area contributed by atoms with E-state index in [4.69, 9.17) is 4.74 Å². The molecule has 0 aliphatic heterocycles. The van der Waals surface area contributed by atoms with Gasteiger partial charge in [-0.25, -0.2) is 19.9 Å². The third kappa shape index (κ3) is 4.83. The van der Waals surface area contributed by atoms with E-state index in [0.717, 1.165) is 6.20 Å². The Morgan fingerprint density at radius 2 is 1.75 bits per heavy atom. The largest absolute Gasteiger partial charge is 0.437 e. The Morgan fingerprint density at radius 3 is 2.29 bits per heavy atom. The highest BCUT2D eigenvalue weighted by atomic mass is 19.4. The number of hydrogen-bond acceptors (Lipinski definition) is 7. The Bertz CT molecular complexity index is 689. The van der Waals surface area contributed by atoms with Gasteiger partial charge in [-0.2, -0.15) is 13.2 Å². The minimum absolute atomic E-state index is 0.0419. The number of aliphatic hydroxyl groups excluding tert-OH is 1. The van der Waals surface area contributed by atoms with E-state index >= 15 is 0 Å². The van der Waals surface area contributed by atoms with Crippen LogP contribution in [-0.2, 0) is 10.9 Å². The molecule has 0 aromatic carbocycles. The van der Waals surface area contributed by atoms with Crippen LogP contribution in [0.4, 0.5) is 19.0 Å². The van der Waals surface area contributed by atoms with Crippen molar-refractivity contribution >= 4 is 5.82 Å². The van der Waals surface area contributed by atoms with E-state index in [0.29, 0.717) is 0 Å². The maximum atomic E-state index is 13.2. The Labute approximate surface area is 136 Å². The van der Waals surface area contributed by atoms with Crippen molar-refractivity contribution in [2.24, 2.45) is 0 Å². The number of rotatable bonds is 4. The van der Waals surface area contributed by atoms with Crippen molar-refractivity contribution in [1.29, 1.82) is 0 Å². The van der Waals surface area contributed by atoms with E-state index in [9.17, 15) is 18.3 Å². The standard InChI is InChI=1S/C14H16F3N5O2/c1-13(2,3)24-12(23)22-11-10(14(15,16)17)21-9(6-20-11)8-4-18-7-19-5-8/h4-7,12,23H,1-3H3,(H,20,22). The molecule has 0 saturated carbocycles. The van der Waals surface area contributed by atoms with Gasteiger partial charge in [-0.3, -0.25) is 0 Å². The summed E-state index contributed by atoms with van der Waals surface area (Å²) in [5.41, 5.74) is -1.80. The first-order chi connectivity index (χ1) is 11.1.